The average molecular weight is 496 g/mol. The Hall–Kier alpha value is -1.62. The van der Waals surface area contributed by atoms with E-state index in [1.807, 2.05) is 6.07 Å². The SMILES string of the molecule is N[S@](=O)c1ccc(NC(=S)N[C@H](NC(=O)COc2ccccc2)C(Cl)(Cl)Cl)cc1. The first kappa shape index (κ1) is 23.7. The summed E-state index contributed by atoms with van der Waals surface area (Å²) in [6, 6.07) is 15.2. The molecule has 0 fully saturated rings. The van der Waals surface area contributed by atoms with E-state index in [0.29, 0.717) is 16.3 Å². The standard InChI is InChI=1S/C17H17Cl3N4O3S2/c18-17(19,20)15(23-14(25)10-27-12-4-2-1-3-5-12)24-16(28)22-11-6-8-13(9-7-11)29(21)26/h1-9,15H,10,21H2,(H,23,25)(H2,22,24,28)/t15-,29+/m0/s1. The van der Waals surface area contributed by atoms with Crippen LogP contribution in [0.15, 0.2) is 59.5 Å². The number of nitrogens with one attached hydrogen (secondary N) is 3. The predicted molar refractivity (Wildman–Crippen MR) is 121 cm³/mol. The molecule has 2 aromatic rings. The van der Waals surface area contributed by atoms with E-state index in [1.165, 1.54) is 0 Å². The molecule has 0 aliphatic heterocycles. The summed E-state index contributed by atoms with van der Waals surface area (Å²) in [5, 5.41) is 13.5. The Balaban J connectivity index is 1.92. The summed E-state index contributed by atoms with van der Waals surface area (Å²) in [7, 11) is -1.58. The van der Waals surface area contributed by atoms with Gasteiger partial charge in [-0.1, -0.05) is 53.0 Å². The maximum absolute atomic E-state index is 12.2. The van der Waals surface area contributed by atoms with Gasteiger partial charge in [-0.15, -0.1) is 0 Å². The molecular weight excluding hydrogens is 479 g/mol. The zero-order chi connectivity index (χ0) is 21.4. The Morgan fingerprint density at radius 2 is 1.72 bits per heavy atom. The van der Waals surface area contributed by atoms with Crippen LogP contribution in [0.4, 0.5) is 5.69 Å². The van der Waals surface area contributed by atoms with Gasteiger partial charge in [0.25, 0.3) is 5.91 Å². The third kappa shape index (κ3) is 8.33. The lowest BCUT2D eigenvalue weighted by Gasteiger charge is -2.27. The lowest BCUT2D eigenvalue weighted by molar-refractivity contribution is -0.123. The first-order valence-electron chi connectivity index (χ1n) is 8.03. The second kappa shape index (κ2) is 11.0. The molecule has 0 saturated carbocycles. The lowest BCUT2D eigenvalue weighted by Crippen LogP contribution is -2.56. The van der Waals surface area contributed by atoms with E-state index in [1.54, 1.807) is 48.5 Å². The van der Waals surface area contributed by atoms with Crippen LogP contribution in [0.25, 0.3) is 0 Å². The number of hydrogen-bond donors (Lipinski definition) is 4. The highest BCUT2D eigenvalue weighted by molar-refractivity contribution is 7.82. The van der Waals surface area contributed by atoms with Crippen molar-refractivity contribution in [2.75, 3.05) is 11.9 Å². The second-order valence-electron chi connectivity index (χ2n) is 5.56. The van der Waals surface area contributed by atoms with Crippen molar-refractivity contribution in [1.29, 1.82) is 0 Å². The number of carbonyl (C=O) groups excluding carboxylic acids is 1. The Bertz CT molecular complexity index is 864. The molecule has 0 spiro atoms. The molecule has 7 nitrogen and oxygen atoms in total. The molecule has 2 atom stereocenters. The monoisotopic (exact) mass is 494 g/mol. The van der Waals surface area contributed by atoms with Gasteiger partial charge in [0.2, 0.25) is 3.79 Å². The molecule has 5 N–H and O–H groups in total. The van der Waals surface area contributed by atoms with E-state index in [0.717, 1.165) is 0 Å². The molecule has 0 aromatic heterocycles. The van der Waals surface area contributed by atoms with E-state index in [4.69, 9.17) is 56.9 Å². The van der Waals surface area contributed by atoms with Crippen LogP contribution >= 0.6 is 47.0 Å². The third-order valence-electron chi connectivity index (χ3n) is 3.37. The number of anilines is 1. The molecular formula is C17H17Cl3N4O3S2. The van der Waals surface area contributed by atoms with Crippen LogP contribution in [-0.2, 0) is 15.8 Å². The molecule has 1 amide bonds. The van der Waals surface area contributed by atoms with Crippen molar-refractivity contribution in [1.82, 2.24) is 10.6 Å². The number of amides is 1. The highest BCUT2D eigenvalue weighted by Crippen LogP contribution is 2.29. The Kier molecular flexibility index (Phi) is 8.94. The van der Waals surface area contributed by atoms with E-state index in [9.17, 15) is 9.00 Å². The number of nitrogens with two attached hydrogens (primary N) is 1. The van der Waals surface area contributed by atoms with Crippen molar-refractivity contribution in [3.8, 4) is 5.75 Å². The Labute approximate surface area is 190 Å². The van der Waals surface area contributed by atoms with E-state index < -0.39 is 26.9 Å². The van der Waals surface area contributed by atoms with E-state index >= 15 is 0 Å². The molecule has 156 valence electrons. The van der Waals surface area contributed by atoms with Gasteiger partial charge < -0.3 is 20.7 Å². The Morgan fingerprint density at radius 3 is 2.28 bits per heavy atom. The van der Waals surface area contributed by atoms with Gasteiger partial charge in [-0.25, -0.2) is 9.35 Å². The van der Waals surface area contributed by atoms with Gasteiger partial charge in [-0.2, -0.15) is 0 Å². The first-order chi connectivity index (χ1) is 13.6. The van der Waals surface area contributed by atoms with Crippen LogP contribution in [0, 0.1) is 0 Å². The number of alkyl halides is 3. The molecule has 0 heterocycles. The summed E-state index contributed by atoms with van der Waals surface area (Å²) in [5.41, 5.74) is 0.582. The molecule has 2 aromatic carbocycles. The van der Waals surface area contributed by atoms with Gasteiger partial charge in [0.05, 0.1) is 4.90 Å². The average Bonchev–Trinajstić information content (AvgIpc) is 2.66. The summed E-state index contributed by atoms with van der Waals surface area (Å²) in [6.07, 6.45) is -1.13. The molecule has 2 rings (SSSR count). The van der Waals surface area contributed by atoms with Crippen LogP contribution in [0.3, 0.4) is 0 Å². The van der Waals surface area contributed by atoms with Gasteiger partial charge >= 0.3 is 0 Å². The summed E-state index contributed by atoms with van der Waals surface area (Å²) < 4.78 is 14.7. The minimum Gasteiger partial charge on any atom is -0.484 e. The van der Waals surface area contributed by atoms with Gasteiger partial charge in [0.15, 0.2) is 11.7 Å². The molecule has 12 heteroatoms. The van der Waals surface area contributed by atoms with Gasteiger partial charge in [-0.05, 0) is 48.6 Å². The van der Waals surface area contributed by atoms with Gasteiger partial charge in [0.1, 0.15) is 22.9 Å². The van der Waals surface area contributed by atoms with E-state index in [2.05, 4.69) is 16.0 Å². The molecule has 0 unspecified atom stereocenters. The van der Waals surface area contributed by atoms with Crippen molar-refractivity contribution in [2.45, 2.75) is 14.9 Å². The number of halogens is 3. The smallest absolute Gasteiger partial charge is 0.259 e. The maximum Gasteiger partial charge on any atom is 0.259 e. The number of para-hydroxylation sites is 1. The number of thiocarbonyl (C=S) groups is 1. The zero-order valence-corrected chi connectivity index (χ0v) is 18.6. The second-order valence-corrected chi connectivity index (χ2v) is 9.41. The van der Waals surface area contributed by atoms with Crippen LogP contribution < -0.4 is 25.8 Å². The zero-order valence-electron chi connectivity index (χ0n) is 14.7. The minimum atomic E-state index is -1.89. The van der Waals surface area contributed by atoms with E-state index in [-0.39, 0.29) is 11.7 Å². The summed E-state index contributed by atoms with van der Waals surface area (Å²) in [5.74, 6) is 0.00958. The van der Waals surface area contributed by atoms with Crippen molar-refractivity contribution < 1.29 is 13.7 Å². The summed E-state index contributed by atoms with van der Waals surface area (Å²) in [4.78, 5) is 12.6. The Morgan fingerprint density at radius 1 is 1.10 bits per heavy atom. The van der Waals surface area contributed by atoms with Crippen molar-refractivity contribution in [2.24, 2.45) is 5.14 Å². The fourth-order valence-corrected chi connectivity index (χ4v) is 3.01. The highest BCUT2D eigenvalue weighted by Gasteiger charge is 2.34. The van der Waals surface area contributed by atoms with Crippen molar-refractivity contribution >= 4 is 74.7 Å². The number of hydrogen-bond acceptors (Lipinski definition) is 4. The summed E-state index contributed by atoms with van der Waals surface area (Å²) >= 11 is 23.0. The third-order valence-corrected chi connectivity index (χ3v) is 4.98. The number of ether oxygens (including phenoxy) is 1. The lowest BCUT2D eigenvalue weighted by atomic mass is 10.3. The van der Waals surface area contributed by atoms with Crippen molar-refractivity contribution in [3.63, 3.8) is 0 Å². The normalized spacial score (nSPS) is 13.1. The molecule has 0 bridgehead atoms. The van der Waals surface area contributed by atoms with Crippen LogP contribution in [0.1, 0.15) is 0 Å². The molecule has 0 aliphatic rings. The van der Waals surface area contributed by atoms with Gasteiger partial charge in [-0.3, -0.25) is 4.79 Å². The fourth-order valence-electron chi connectivity index (χ4n) is 2.04. The minimum absolute atomic E-state index is 0.0900. The summed E-state index contributed by atoms with van der Waals surface area (Å²) in [6.45, 7) is -0.277. The first-order valence-corrected chi connectivity index (χ1v) is 10.8. The largest absolute Gasteiger partial charge is 0.484 e. The maximum atomic E-state index is 12.2. The van der Waals surface area contributed by atoms with Crippen LogP contribution in [0.5, 0.6) is 5.75 Å². The highest BCUT2D eigenvalue weighted by atomic mass is 35.6. The number of rotatable bonds is 7. The predicted octanol–water partition coefficient (Wildman–Crippen LogP) is 2.85. The molecule has 0 aliphatic carbocycles. The fraction of sp³-hybridized carbons (Fsp3) is 0.176. The van der Waals surface area contributed by atoms with Crippen LogP contribution in [0.2, 0.25) is 0 Å². The number of benzene rings is 2. The van der Waals surface area contributed by atoms with Crippen molar-refractivity contribution in [3.05, 3.63) is 54.6 Å². The van der Waals surface area contributed by atoms with Gasteiger partial charge in [0, 0.05) is 5.69 Å². The molecule has 29 heavy (non-hydrogen) atoms. The topological polar surface area (TPSA) is 105 Å². The molecule has 0 saturated heterocycles. The van der Waals surface area contributed by atoms with Crippen LogP contribution in [-0.4, -0.2) is 31.8 Å². The number of carbonyl (C=O) groups is 1. The molecule has 0 radical (unpaired) electrons. The quantitative estimate of drug-likeness (QED) is 0.267.